The van der Waals surface area contributed by atoms with Crippen LogP contribution in [-0.2, 0) is 4.74 Å². The van der Waals surface area contributed by atoms with Crippen molar-refractivity contribution in [1.29, 1.82) is 0 Å². The van der Waals surface area contributed by atoms with Gasteiger partial charge < -0.3 is 10.1 Å². The van der Waals surface area contributed by atoms with Crippen molar-refractivity contribution in [2.45, 2.75) is 6.92 Å². The van der Waals surface area contributed by atoms with E-state index >= 15 is 0 Å². The summed E-state index contributed by atoms with van der Waals surface area (Å²) in [6.45, 7) is 2.11. The van der Waals surface area contributed by atoms with Gasteiger partial charge in [-0.3, -0.25) is 4.98 Å². The van der Waals surface area contributed by atoms with Crippen LogP contribution in [0.2, 0.25) is 0 Å². The van der Waals surface area contributed by atoms with E-state index in [0.717, 1.165) is 19.8 Å². The van der Waals surface area contributed by atoms with Crippen LogP contribution in [0.4, 0.5) is 5.69 Å². The standard InChI is InChI=1S/C13H12Br2N2O2/c1-3-19-13(18)7-6-17-12-9(15)5-4-8(14)10(12)11(7)16-2/h4-6H,3H2,1-2H3,(H,16,17). The minimum Gasteiger partial charge on any atom is -0.462 e. The Morgan fingerprint density at radius 2 is 2.05 bits per heavy atom. The molecule has 0 bridgehead atoms. The molecule has 0 radical (unpaired) electrons. The SMILES string of the molecule is CCOC(=O)c1cnc2c(Br)ccc(Br)c2c1NC. The van der Waals surface area contributed by atoms with Crippen molar-refractivity contribution in [3.8, 4) is 0 Å². The second-order valence-corrected chi connectivity index (χ2v) is 5.48. The van der Waals surface area contributed by atoms with E-state index in [9.17, 15) is 4.79 Å². The number of fused-ring (bicyclic) bond motifs is 1. The number of hydrogen-bond acceptors (Lipinski definition) is 4. The second kappa shape index (κ2) is 5.88. The lowest BCUT2D eigenvalue weighted by Crippen LogP contribution is -2.09. The molecule has 100 valence electrons. The van der Waals surface area contributed by atoms with Crippen LogP contribution in [0.15, 0.2) is 27.3 Å². The summed E-state index contributed by atoms with van der Waals surface area (Å²) in [6, 6.07) is 3.81. The largest absolute Gasteiger partial charge is 0.462 e. The van der Waals surface area contributed by atoms with Crippen molar-refractivity contribution in [3.05, 3.63) is 32.8 Å². The van der Waals surface area contributed by atoms with E-state index in [2.05, 4.69) is 42.2 Å². The highest BCUT2D eigenvalue weighted by atomic mass is 79.9. The number of hydrogen-bond donors (Lipinski definition) is 1. The highest BCUT2D eigenvalue weighted by Gasteiger charge is 2.18. The van der Waals surface area contributed by atoms with Gasteiger partial charge in [0.15, 0.2) is 0 Å². The molecule has 1 aromatic heterocycles. The number of rotatable bonds is 3. The lowest BCUT2D eigenvalue weighted by atomic mass is 10.1. The average molecular weight is 388 g/mol. The summed E-state index contributed by atoms with van der Waals surface area (Å²) < 4.78 is 6.79. The molecule has 2 rings (SSSR count). The van der Waals surface area contributed by atoms with Gasteiger partial charge >= 0.3 is 5.97 Å². The quantitative estimate of drug-likeness (QED) is 0.809. The molecular formula is C13H12Br2N2O2. The zero-order valence-electron chi connectivity index (χ0n) is 10.5. The van der Waals surface area contributed by atoms with Gasteiger partial charge in [-0.25, -0.2) is 4.79 Å². The Hall–Kier alpha value is -1.14. The highest BCUT2D eigenvalue weighted by Crippen LogP contribution is 2.36. The molecule has 0 amide bonds. The number of carbonyl (C=O) groups is 1. The Morgan fingerprint density at radius 3 is 2.68 bits per heavy atom. The number of ether oxygens (including phenoxy) is 1. The number of nitrogens with one attached hydrogen (secondary N) is 1. The first-order valence-electron chi connectivity index (χ1n) is 5.71. The fraction of sp³-hybridized carbons (Fsp3) is 0.231. The first-order chi connectivity index (χ1) is 9.10. The topological polar surface area (TPSA) is 51.2 Å². The molecule has 0 spiro atoms. The van der Waals surface area contributed by atoms with Crippen LogP contribution in [0, 0.1) is 0 Å². The van der Waals surface area contributed by atoms with Crippen molar-refractivity contribution in [1.82, 2.24) is 4.98 Å². The van der Waals surface area contributed by atoms with Gasteiger partial charge in [0.05, 0.1) is 17.8 Å². The fourth-order valence-electron chi connectivity index (χ4n) is 1.86. The number of esters is 1. The van der Waals surface area contributed by atoms with Crippen molar-refractivity contribution < 1.29 is 9.53 Å². The third kappa shape index (κ3) is 2.60. The predicted molar refractivity (Wildman–Crippen MR) is 82.6 cm³/mol. The van der Waals surface area contributed by atoms with Gasteiger partial charge in [0, 0.05) is 27.6 Å². The van der Waals surface area contributed by atoms with Crippen LogP contribution >= 0.6 is 31.9 Å². The van der Waals surface area contributed by atoms with E-state index in [1.54, 1.807) is 14.0 Å². The Balaban J connectivity index is 2.76. The Labute approximate surface area is 127 Å². The van der Waals surface area contributed by atoms with Crippen molar-refractivity contribution in [2.75, 3.05) is 19.0 Å². The zero-order chi connectivity index (χ0) is 14.0. The normalized spacial score (nSPS) is 10.5. The van der Waals surface area contributed by atoms with E-state index in [4.69, 9.17) is 4.74 Å². The minimum atomic E-state index is -0.381. The lowest BCUT2D eigenvalue weighted by Gasteiger charge is -2.13. The van der Waals surface area contributed by atoms with Gasteiger partial charge in [-0.2, -0.15) is 0 Å². The van der Waals surface area contributed by atoms with Crippen LogP contribution in [-0.4, -0.2) is 24.6 Å². The maximum atomic E-state index is 11.9. The lowest BCUT2D eigenvalue weighted by molar-refractivity contribution is 0.0527. The molecule has 0 unspecified atom stereocenters. The highest BCUT2D eigenvalue weighted by molar-refractivity contribution is 9.11. The molecule has 0 fully saturated rings. The molecular weight excluding hydrogens is 376 g/mol. The average Bonchev–Trinajstić information content (AvgIpc) is 2.41. The van der Waals surface area contributed by atoms with Crippen LogP contribution < -0.4 is 5.32 Å². The Morgan fingerprint density at radius 1 is 1.37 bits per heavy atom. The second-order valence-electron chi connectivity index (χ2n) is 3.77. The van der Waals surface area contributed by atoms with Crippen molar-refractivity contribution in [2.24, 2.45) is 0 Å². The van der Waals surface area contributed by atoms with Gasteiger partial charge in [-0.1, -0.05) is 15.9 Å². The first kappa shape index (κ1) is 14.3. The van der Waals surface area contributed by atoms with Crippen LogP contribution in [0.5, 0.6) is 0 Å². The predicted octanol–water partition coefficient (Wildman–Crippen LogP) is 3.98. The molecule has 0 saturated heterocycles. The minimum absolute atomic E-state index is 0.333. The number of anilines is 1. The summed E-state index contributed by atoms with van der Waals surface area (Å²) >= 11 is 6.95. The first-order valence-corrected chi connectivity index (χ1v) is 7.30. The summed E-state index contributed by atoms with van der Waals surface area (Å²) in [5.41, 5.74) is 1.92. The summed E-state index contributed by atoms with van der Waals surface area (Å²) in [4.78, 5) is 16.3. The number of carbonyl (C=O) groups excluding carboxylic acids is 1. The van der Waals surface area contributed by atoms with Crippen molar-refractivity contribution in [3.63, 3.8) is 0 Å². The molecule has 1 aromatic carbocycles. The van der Waals surface area contributed by atoms with Crippen molar-refractivity contribution >= 4 is 54.4 Å². The van der Waals surface area contributed by atoms with Gasteiger partial charge in [0.25, 0.3) is 0 Å². The Bertz CT molecular complexity index is 644. The maximum Gasteiger partial charge on any atom is 0.341 e. The van der Waals surface area contributed by atoms with Gasteiger partial charge in [-0.05, 0) is 35.0 Å². The van der Waals surface area contributed by atoms with Gasteiger partial charge in [0.2, 0.25) is 0 Å². The zero-order valence-corrected chi connectivity index (χ0v) is 13.6. The van der Waals surface area contributed by atoms with E-state index in [1.807, 2.05) is 12.1 Å². The smallest absolute Gasteiger partial charge is 0.341 e. The molecule has 0 saturated carbocycles. The molecule has 0 aliphatic carbocycles. The van der Waals surface area contributed by atoms with Gasteiger partial charge in [0.1, 0.15) is 5.56 Å². The third-order valence-corrected chi connectivity index (χ3v) is 3.97. The maximum absolute atomic E-state index is 11.9. The monoisotopic (exact) mass is 386 g/mol. The van der Waals surface area contributed by atoms with E-state index in [1.165, 1.54) is 6.20 Å². The summed E-state index contributed by atoms with van der Waals surface area (Å²) in [5, 5.41) is 3.90. The summed E-state index contributed by atoms with van der Waals surface area (Å²) in [6.07, 6.45) is 1.53. The Kier molecular flexibility index (Phi) is 4.42. The molecule has 4 nitrogen and oxygen atoms in total. The van der Waals surface area contributed by atoms with E-state index in [-0.39, 0.29) is 5.97 Å². The number of nitrogens with zero attached hydrogens (tertiary/aromatic N) is 1. The summed E-state index contributed by atoms with van der Waals surface area (Å²) in [7, 11) is 1.77. The molecule has 0 atom stereocenters. The summed E-state index contributed by atoms with van der Waals surface area (Å²) in [5.74, 6) is -0.381. The third-order valence-electron chi connectivity index (χ3n) is 2.67. The molecule has 1 N–H and O–H groups in total. The van der Waals surface area contributed by atoms with E-state index in [0.29, 0.717) is 17.9 Å². The fourth-order valence-corrected chi connectivity index (χ4v) is 2.81. The van der Waals surface area contributed by atoms with Crippen LogP contribution in [0.3, 0.4) is 0 Å². The number of pyridine rings is 1. The molecule has 1 heterocycles. The molecule has 6 heteroatoms. The van der Waals surface area contributed by atoms with Crippen LogP contribution in [0.25, 0.3) is 10.9 Å². The van der Waals surface area contributed by atoms with Crippen LogP contribution in [0.1, 0.15) is 17.3 Å². The molecule has 2 aromatic rings. The number of benzene rings is 1. The molecule has 0 aliphatic rings. The number of aromatic nitrogens is 1. The molecule has 0 aliphatic heterocycles. The van der Waals surface area contributed by atoms with E-state index < -0.39 is 0 Å². The molecule has 19 heavy (non-hydrogen) atoms. The number of halogens is 2. The van der Waals surface area contributed by atoms with Gasteiger partial charge in [-0.15, -0.1) is 0 Å².